The summed E-state index contributed by atoms with van der Waals surface area (Å²) in [6.07, 6.45) is 4.44. The standard InChI is InChI=1S/C23H26N8O5S/c1-27(7-8-29-9-11-36-12-10-29)21-4-3-20(31(32)33)14-23(21)37(34,35)28(2)25-16-19-17-26-30-6-5-18(15-24)13-22(19)30/h3-6,13-14,16-17H,7-12H2,1-2H3/b25-16+. The number of sulfonamides is 1. The third-order valence-corrected chi connectivity index (χ3v) is 7.76. The molecule has 0 N–H and O–H groups in total. The Balaban J connectivity index is 1.62. The zero-order valence-corrected chi connectivity index (χ0v) is 21.2. The maximum atomic E-state index is 13.5. The van der Waals surface area contributed by atoms with Gasteiger partial charge in [0.1, 0.15) is 4.90 Å². The highest BCUT2D eigenvalue weighted by Gasteiger charge is 2.28. The van der Waals surface area contributed by atoms with Crippen LogP contribution in [0.5, 0.6) is 0 Å². The summed E-state index contributed by atoms with van der Waals surface area (Å²) in [6.45, 7) is 4.06. The summed E-state index contributed by atoms with van der Waals surface area (Å²) in [6, 6.07) is 9.05. The Bertz CT molecular complexity index is 1470. The molecule has 0 amide bonds. The van der Waals surface area contributed by atoms with Gasteiger partial charge in [-0.25, -0.2) is 4.52 Å². The number of fused-ring (bicyclic) bond motifs is 1. The van der Waals surface area contributed by atoms with Gasteiger partial charge in [0.15, 0.2) is 0 Å². The summed E-state index contributed by atoms with van der Waals surface area (Å²) in [7, 11) is -1.25. The Kier molecular flexibility index (Phi) is 7.67. The molecule has 0 bridgehead atoms. The van der Waals surface area contributed by atoms with E-state index in [1.165, 1.54) is 31.6 Å². The molecule has 4 rings (SSSR count). The van der Waals surface area contributed by atoms with Crippen LogP contribution in [0, 0.1) is 21.4 Å². The fourth-order valence-electron chi connectivity index (χ4n) is 3.89. The minimum absolute atomic E-state index is 0.225. The number of ether oxygens (including phenoxy) is 1. The smallest absolute Gasteiger partial charge is 0.281 e. The van der Waals surface area contributed by atoms with Crippen LogP contribution < -0.4 is 4.90 Å². The van der Waals surface area contributed by atoms with Gasteiger partial charge < -0.3 is 9.64 Å². The molecule has 0 atom stereocenters. The SMILES string of the molecule is CN(CCN1CCOCC1)c1ccc([N+](=O)[O-])cc1S(=O)(=O)N(C)/N=C/c1cnn2ccc(C#N)cc12. The van der Waals surface area contributed by atoms with Gasteiger partial charge in [-0.1, -0.05) is 0 Å². The maximum absolute atomic E-state index is 13.5. The first-order chi connectivity index (χ1) is 17.7. The summed E-state index contributed by atoms with van der Waals surface area (Å²) in [4.78, 5) is 14.5. The van der Waals surface area contributed by atoms with Gasteiger partial charge in [0.05, 0.1) is 53.4 Å². The highest BCUT2D eigenvalue weighted by Crippen LogP contribution is 2.31. The number of nitrogens with zero attached hydrogens (tertiary/aromatic N) is 8. The number of nitro benzene ring substituents is 1. The predicted molar refractivity (Wildman–Crippen MR) is 136 cm³/mol. The molecule has 0 unspecified atom stereocenters. The highest BCUT2D eigenvalue weighted by molar-refractivity contribution is 7.89. The number of hydrogen-bond acceptors (Lipinski definition) is 10. The lowest BCUT2D eigenvalue weighted by Gasteiger charge is -2.30. The summed E-state index contributed by atoms with van der Waals surface area (Å²) < 4.78 is 34.7. The molecule has 3 heterocycles. The molecule has 1 aliphatic heterocycles. The van der Waals surface area contributed by atoms with Crippen LogP contribution in [0.1, 0.15) is 11.1 Å². The van der Waals surface area contributed by atoms with Crippen molar-refractivity contribution in [2.24, 2.45) is 5.10 Å². The molecule has 37 heavy (non-hydrogen) atoms. The Morgan fingerprint density at radius 2 is 2.03 bits per heavy atom. The number of aromatic nitrogens is 2. The van der Waals surface area contributed by atoms with Crippen LogP contribution in [0.2, 0.25) is 0 Å². The minimum Gasteiger partial charge on any atom is -0.379 e. The molecular formula is C23H26N8O5S. The van der Waals surface area contributed by atoms with Crippen LogP contribution in [0.3, 0.4) is 0 Å². The second kappa shape index (κ2) is 10.9. The number of likely N-dealkylation sites (N-methyl/N-ethyl adjacent to an activating group) is 1. The molecule has 14 heteroatoms. The van der Waals surface area contributed by atoms with Crippen molar-refractivity contribution in [3.63, 3.8) is 0 Å². The number of morpholine rings is 1. The fourth-order valence-corrected chi connectivity index (χ4v) is 5.11. The Morgan fingerprint density at radius 1 is 1.27 bits per heavy atom. The summed E-state index contributed by atoms with van der Waals surface area (Å²) in [5.74, 6) is 0. The normalized spacial score (nSPS) is 14.6. The molecule has 1 saturated heterocycles. The van der Waals surface area contributed by atoms with Crippen LogP contribution in [0.15, 0.2) is 52.7 Å². The zero-order valence-electron chi connectivity index (χ0n) is 20.4. The minimum atomic E-state index is -4.26. The molecule has 13 nitrogen and oxygen atoms in total. The van der Waals surface area contributed by atoms with E-state index in [1.807, 2.05) is 6.07 Å². The van der Waals surface area contributed by atoms with Crippen LogP contribution in [-0.2, 0) is 14.8 Å². The van der Waals surface area contributed by atoms with Crippen molar-refractivity contribution in [3.8, 4) is 6.07 Å². The van der Waals surface area contributed by atoms with Crippen LogP contribution in [0.25, 0.3) is 5.52 Å². The number of non-ortho nitro benzene ring substituents is 1. The third-order valence-electron chi connectivity index (χ3n) is 6.09. The van der Waals surface area contributed by atoms with Gasteiger partial charge in [-0.15, -0.1) is 0 Å². The van der Waals surface area contributed by atoms with E-state index in [0.29, 0.717) is 48.6 Å². The van der Waals surface area contributed by atoms with Crippen molar-refractivity contribution < 1.29 is 18.1 Å². The van der Waals surface area contributed by atoms with E-state index in [0.717, 1.165) is 23.6 Å². The maximum Gasteiger partial charge on any atom is 0.281 e. The van der Waals surface area contributed by atoms with E-state index in [1.54, 1.807) is 34.8 Å². The molecular weight excluding hydrogens is 500 g/mol. The van der Waals surface area contributed by atoms with E-state index >= 15 is 0 Å². The molecule has 0 radical (unpaired) electrons. The first kappa shape index (κ1) is 26.0. The fraction of sp³-hybridized carbons (Fsp3) is 0.348. The van der Waals surface area contributed by atoms with Crippen molar-refractivity contribution >= 4 is 33.1 Å². The highest BCUT2D eigenvalue weighted by atomic mass is 32.2. The Morgan fingerprint density at radius 3 is 2.73 bits per heavy atom. The van der Waals surface area contributed by atoms with E-state index < -0.39 is 14.9 Å². The van der Waals surface area contributed by atoms with Gasteiger partial charge in [0, 0.05) is 64.2 Å². The van der Waals surface area contributed by atoms with Crippen LogP contribution in [0.4, 0.5) is 11.4 Å². The van der Waals surface area contributed by atoms with Crippen molar-refractivity contribution in [2.75, 3.05) is 58.4 Å². The Labute approximate surface area is 214 Å². The average molecular weight is 527 g/mol. The van der Waals surface area contributed by atoms with Gasteiger partial charge in [0.25, 0.3) is 15.7 Å². The number of benzene rings is 1. The number of nitriles is 1. The van der Waals surface area contributed by atoms with Gasteiger partial charge >= 0.3 is 0 Å². The molecule has 2 aromatic heterocycles. The van der Waals surface area contributed by atoms with Gasteiger partial charge in [-0.2, -0.15) is 28.3 Å². The first-order valence-corrected chi connectivity index (χ1v) is 12.8. The number of anilines is 1. The molecule has 1 aromatic carbocycles. The van der Waals surface area contributed by atoms with E-state index in [2.05, 4.69) is 15.1 Å². The van der Waals surface area contributed by atoms with Crippen molar-refractivity contribution in [1.29, 1.82) is 5.26 Å². The second-order valence-electron chi connectivity index (χ2n) is 8.43. The van der Waals surface area contributed by atoms with E-state index in [9.17, 15) is 18.5 Å². The van der Waals surface area contributed by atoms with E-state index in [-0.39, 0.29) is 10.6 Å². The lowest BCUT2D eigenvalue weighted by atomic mass is 10.2. The molecule has 3 aromatic rings. The number of hydrazone groups is 1. The molecule has 0 aliphatic carbocycles. The zero-order chi connectivity index (χ0) is 26.6. The summed E-state index contributed by atoms with van der Waals surface area (Å²) in [5, 5.41) is 28.8. The second-order valence-corrected chi connectivity index (χ2v) is 10.3. The lowest BCUT2D eigenvalue weighted by Crippen LogP contribution is -2.41. The lowest BCUT2D eigenvalue weighted by molar-refractivity contribution is -0.385. The Hall–Kier alpha value is -4.06. The van der Waals surface area contributed by atoms with Gasteiger partial charge in [-0.05, 0) is 18.2 Å². The molecule has 1 aliphatic rings. The first-order valence-electron chi connectivity index (χ1n) is 11.4. The van der Waals surface area contributed by atoms with Crippen LogP contribution in [-0.4, -0.2) is 92.0 Å². The molecule has 0 saturated carbocycles. The number of rotatable bonds is 9. The van der Waals surface area contributed by atoms with Gasteiger partial charge in [-0.3, -0.25) is 15.0 Å². The number of pyridine rings is 1. The largest absolute Gasteiger partial charge is 0.379 e. The molecule has 1 fully saturated rings. The third kappa shape index (κ3) is 5.69. The topological polar surface area (TPSA) is 150 Å². The van der Waals surface area contributed by atoms with Crippen molar-refractivity contribution in [1.82, 2.24) is 18.9 Å². The number of hydrogen-bond donors (Lipinski definition) is 0. The summed E-state index contributed by atoms with van der Waals surface area (Å²) in [5.41, 5.74) is 1.49. The van der Waals surface area contributed by atoms with Crippen molar-refractivity contribution in [3.05, 3.63) is 64.0 Å². The van der Waals surface area contributed by atoms with Crippen molar-refractivity contribution in [2.45, 2.75) is 4.90 Å². The van der Waals surface area contributed by atoms with Crippen LogP contribution >= 0.6 is 0 Å². The quantitative estimate of drug-likeness (QED) is 0.230. The average Bonchev–Trinajstić information content (AvgIpc) is 3.32. The monoisotopic (exact) mass is 526 g/mol. The molecule has 0 spiro atoms. The van der Waals surface area contributed by atoms with Gasteiger partial charge in [0.2, 0.25) is 0 Å². The predicted octanol–water partition coefficient (Wildman–Crippen LogP) is 1.54. The molecule has 194 valence electrons. The van der Waals surface area contributed by atoms with E-state index in [4.69, 9.17) is 10.00 Å². The number of nitro groups is 1. The summed E-state index contributed by atoms with van der Waals surface area (Å²) >= 11 is 0.